The van der Waals surface area contributed by atoms with Crippen LogP contribution in [0, 0.1) is 5.92 Å². The van der Waals surface area contributed by atoms with E-state index in [0.717, 1.165) is 4.90 Å². The van der Waals surface area contributed by atoms with Crippen LogP contribution < -0.4 is 5.32 Å². The molecule has 1 atom stereocenters. The van der Waals surface area contributed by atoms with E-state index in [0.29, 0.717) is 22.4 Å². The summed E-state index contributed by atoms with van der Waals surface area (Å²) in [7, 11) is 3.29. The molecule has 150 valence electrons. The Labute approximate surface area is 169 Å². The van der Waals surface area contributed by atoms with Gasteiger partial charge >= 0.3 is 0 Å². The van der Waals surface area contributed by atoms with E-state index >= 15 is 0 Å². The molecule has 1 heterocycles. The first-order chi connectivity index (χ1) is 13.7. The van der Waals surface area contributed by atoms with Gasteiger partial charge in [-0.15, -0.1) is 0 Å². The summed E-state index contributed by atoms with van der Waals surface area (Å²) < 4.78 is 0. The fourth-order valence-corrected chi connectivity index (χ4v) is 3.38. The van der Waals surface area contributed by atoms with Crippen LogP contribution >= 0.6 is 0 Å². The molecule has 1 N–H and O–H groups in total. The molecule has 7 heteroatoms. The molecule has 0 bridgehead atoms. The Hall–Kier alpha value is -3.48. The quantitative estimate of drug-likeness (QED) is 0.791. The molecule has 0 spiro atoms. The maximum Gasteiger partial charge on any atom is 0.262 e. The minimum Gasteiger partial charge on any atom is -0.345 e. The molecule has 0 saturated carbocycles. The first-order valence-corrected chi connectivity index (χ1v) is 9.32. The topological polar surface area (TPSA) is 86.8 Å². The van der Waals surface area contributed by atoms with Gasteiger partial charge in [0.15, 0.2) is 0 Å². The number of imide groups is 1. The lowest BCUT2D eigenvalue weighted by molar-refractivity contribution is -0.121. The van der Waals surface area contributed by atoms with E-state index in [1.54, 1.807) is 76.5 Å². The number of hydrogen-bond acceptors (Lipinski definition) is 4. The van der Waals surface area contributed by atoms with Crippen LogP contribution in [0.4, 0.5) is 5.69 Å². The molecule has 3 rings (SSSR count). The van der Waals surface area contributed by atoms with Gasteiger partial charge in [0.25, 0.3) is 17.7 Å². The van der Waals surface area contributed by atoms with Gasteiger partial charge in [-0.05, 0) is 36.2 Å². The zero-order valence-electron chi connectivity index (χ0n) is 16.8. The Morgan fingerprint density at radius 1 is 0.931 bits per heavy atom. The number of amides is 4. The number of anilines is 1. The summed E-state index contributed by atoms with van der Waals surface area (Å²) in [4.78, 5) is 53.3. The average molecular weight is 393 g/mol. The molecular formula is C22H23N3O4. The zero-order valence-corrected chi connectivity index (χ0v) is 16.8. The summed E-state index contributed by atoms with van der Waals surface area (Å²) in [6.07, 6.45) is 0. The molecule has 0 aliphatic carbocycles. The van der Waals surface area contributed by atoms with Crippen molar-refractivity contribution in [2.45, 2.75) is 19.9 Å². The van der Waals surface area contributed by atoms with Gasteiger partial charge in [-0.2, -0.15) is 0 Å². The van der Waals surface area contributed by atoms with Crippen molar-refractivity contribution in [2.75, 3.05) is 19.4 Å². The van der Waals surface area contributed by atoms with Crippen LogP contribution in [-0.4, -0.2) is 53.6 Å². The van der Waals surface area contributed by atoms with Crippen molar-refractivity contribution in [3.05, 3.63) is 65.2 Å². The number of hydrogen-bond donors (Lipinski definition) is 1. The number of fused-ring (bicyclic) bond motifs is 1. The molecule has 1 aliphatic rings. The van der Waals surface area contributed by atoms with E-state index < -0.39 is 23.8 Å². The maximum absolute atomic E-state index is 13.0. The van der Waals surface area contributed by atoms with E-state index in [-0.39, 0.29) is 11.8 Å². The standard InChI is InChI=1S/C22H23N3O4/c1-13(2)18(25-21(28)16-10-5-6-11-17(16)22(25)29)19(26)23-15-9-7-8-14(12-15)20(27)24(3)4/h5-13,18H,1-4H3,(H,23,26). The van der Waals surface area contributed by atoms with Crippen LogP contribution in [0.5, 0.6) is 0 Å². The van der Waals surface area contributed by atoms with Gasteiger partial charge in [-0.3, -0.25) is 24.1 Å². The highest BCUT2D eigenvalue weighted by Crippen LogP contribution is 2.28. The Morgan fingerprint density at radius 2 is 1.52 bits per heavy atom. The summed E-state index contributed by atoms with van der Waals surface area (Å²) in [5, 5.41) is 2.75. The lowest BCUT2D eigenvalue weighted by atomic mass is 10.0. The van der Waals surface area contributed by atoms with E-state index in [9.17, 15) is 19.2 Å². The molecule has 0 aromatic heterocycles. The predicted octanol–water partition coefficient (Wildman–Crippen LogP) is 2.65. The summed E-state index contributed by atoms with van der Waals surface area (Å²) in [6.45, 7) is 3.56. The van der Waals surface area contributed by atoms with Crippen LogP contribution in [-0.2, 0) is 4.79 Å². The number of carbonyl (C=O) groups excluding carboxylic acids is 4. The summed E-state index contributed by atoms with van der Waals surface area (Å²) in [5.74, 6) is -1.93. The van der Waals surface area contributed by atoms with Crippen LogP contribution in [0.1, 0.15) is 44.9 Å². The number of rotatable bonds is 5. The van der Waals surface area contributed by atoms with Crippen molar-refractivity contribution in [3.8, 4) is 0 Å². The van der Waals surface area contributed by atoms with E-state index in [1.807, 2.05) is 0 Å². The fraction of sp³-hybridized carbons (Fsp3) is 0.273. The monoisotopic (exact) mass is 393 g/mol. The summed E-state index contributed by atoms with van der Waals surface area (Å²) in [6, 6.07) is 12.1. The lowest BCUT2D eigenvalue weighted by Gasteiger charge is -2.28. The van der Waals surface area contributed by atoms with Crippen molar-refractivity contribution < 1.29 is 19.2 Å². The molecule has 2 aromatic rings. The van der Waals surface area contributed by atoms with E-state index in [2.05, 4.69) is 5.32 Å². The third-order valence-electron chi connectivity index (χ3n) is 4.79. The fourth-order valence-electron chi connectivity index (χ4n) is 3.38. The first-order valence-electron chi connectivity index (χ1n) is 9.32. The van der Waals surface area contributed by atoms with Crippen molar-refractivity contribution in [2.24, 2.45) is 5.92 Å². The van der Waals surface area contributed by atoms with Crippen LogP contribution in [0.25, 0.3) is 0 Å². The van der Waals surface area contributed by atoms with Crippen molar-refractivity contribution in [3.63, 3.8) is 0 Å². The second-order valence-corrected chi connectivity index (χ2v) is 7.48. The molecule has 4 amide bonds. The van der Waals surface area contributed by atoms with Gasteiger partial charge in [-0.1, -0.05) is 32.0 Å². The first kappa shape index (κ1) is 20.3. The largest absolute Gasteiger partial charge is 0.345 e. The van der Waals surface area contributed by atoms with Crippen LogP contribution in [0.3, 0.4) is 0 Å². The molecule has 7 nitrogen and oxygen atoms in total. The van der Waals surface area contributed by atoms with Gasteiger partial charge in [0, 0.05) is 25.3 Å². The number of benzene rings is 2. The van der Waals surface area contributed by atoms with Crippen LogP contribution in [0.15, 0.2) is 48.5 Å². The zero-order chi connectivity index (χ0) is 21.3. The molecule has 1 aliphatic heterocycles. The smallest absolute Gasteiger partial charge is 0.262 e. The Bertz CT molecular complexity index is 962. The summed E-state index contributed by atoms with van der Waals surface area (Å²) >= 11 is 0. The van der Waals surface area contributed by atoms with Gasteiger partial charge < -0.3 is 10.2 Å². The molecule has 0 radical (unpaired) electrons. The number of nitrogens with one attached hydrogen (secondary N) is 1. The Kier molecular flexibility index (Phi) is 5.50. The van der Waals surface area contributed by atoms with Gasteiger partial charge in [-0.25, -0.2) is 0 Å². The highest BCUT2D eigenvalue weighted by molar-refractivity contribution is 6.23. The number of carbonyl (C=O) groups is 4. The second-order valence-electron chi connectivity index (χ2n) is 7.48. The van der Waals surface area contributed by atoms with Crippen molar-refractivity contribution >= 4 is 29.3 Å². The van der Waals surface area contributed by atoms with Crippen molar-refractivity contribution in [1.82, 2.24) is 9.80 Å². The lowest BCUT2D eigenvalue weighted by Crippen LogP contribution is -2.50. The summed E-state index contributed by atoms with van der Waals surface area (Å²) in [5.41, 5.74) is 1.45. The van der Waals surface area contributed by atoms with Gasteiger partial charge in [0.1, 0.15) is 6.04 Å². The minimum absolute atomic E-state index is 0.193. The molecule has 29 heavy (non-hydrogen) atoms. The molecule has 0 fully saturated rings. The SMILES string of the molecule is CC(C)C(C(=O)Nc1cccc(C(=O)N(C)C)c1)N1C(=O)c2ccccc2C1=O. The number of nitrogens with zero attached hydrogens (tertiary/aromatic N) is 2. The third kappa shape index (κ3) is 3.76. The maximum atomic E-state index is 13.0. The normalized spacial score (nSPS) is 14.0. The second kappa shape index (κ2) is 7.87. The highest BCUT2D eigenvalue weighted by atomic mass is 16.2. The molecule has 0 saturated heterocycles. The third-order valence-corrected chi connectivity index (χ3v) is 4.79. The van der Waals surface area contributed by atoms with Gasteiger partial charge in [0.05, 0.1) is 11.1 Å². The molecular weight excluding hydrogens is 370 g/mol. The van der Waals surface area contributed by atoms with Gasteiger partial charge in [0.2, 0.25) is 5.91 Å². The highest BCUT2D eigenvalue weighted by Gasteiger charge is 2.43. The van der Waals surface area contributed by atoms with Crippen LogP contribution in [0.2, 0.25) is 0 Å². The minimum atomic E-state index is -0.976. The molecule has 1 unspecified atom stereocenters. The predicted molar refractivity (Wildman–Crippen MR) is 109 cm³/mol. The van der Waals surface area contributed by atoms with E-state index in [4.69, 9.17) is 0 Å². The average Bonchev–Trinajstić information content (AvgIpc) is 2.93. The molecule has 2 aromatic carbocycles. The van der Waals surface area contributed by atoms with E-state index in [1.165, 1.54) is 4.90 Å². The Morgan fingerprint density at radius 3 is 2.03 bits per heavy atom. The Balaban J connectivity index is 1.87. The van der Waals surface area contributed by atoms with Crippen molar-refractivity contribution in [1.29, 1.82) is 0 Å².